The summed E-state index contributed by atoms with van der Waals surface area (Å²) in [6.07, 6.45) is 0. The third-order valence-electron chi connectivity index (χ3n) is 5.57. The van der Waals surface area contributed by atoms with Crippen LogP contribution in [0.2, 0.25) is 0 Å². The highest BCUT2D eigenvalue weighted by atomic mass is 19.1. The first-order valence-electron chi connectivity index (χ1n) is 11.2. The topological polar surface area (TPSA) is 89.4 Å². The van der Waals surface area contributed by atoms with E-state index >= 15 is 0 Å². The number of carbonyl (C=O) groups excluding carboxylic acids is 2. The number of halogens is 1. The molecule has 3 aromatic carbocycles. The number of hydrogen-bond donors (Lipinski definition) is 1. The fraction of sp³-hybridized carbons (Fsp3) is 0.231. The zero-order chi connectivity index (χ0) is 24.6. The molecule has 1 aromatic heterocycles. The van der Waals surface area contributed by atoms with Crippen LogP contribution in [0.1, 0.15) is 17.2 Å². The van der Waals surface area contributed by atoms with Gasteiger partial charge in [-0.15, -0.1) is 5.10 Å². The molecule has 4 aromatic rings. The smallest absolute Gasteiger partial charge is 0.247 e. The lowest BCUT2D eigenvalue weighted by atomic mass is 10.0. The van der Waals surface area contributed by atoms with E-state index in [4.69, 9.17) is 4.74 Å². The monoisotopic (exact) mass is 475 g/mol. The molecule has 0 aliphatic carbocycles. The number of carbonyl (C=O) groups is 2. The fourth-order valence-corrected chi connectivity index (χ4v) is 3.84. The van der Waals surface area contributed by atoms with Gasteiger partial charge >= 0.3 is 0 Å². The molecular formula is C26H26FN5O3. The van der Waals surface area contributed by atoms with Gasteiger partial charge in [-0.05, 0) is 35.4 Å². The normalized spacial score (nSPS) is 11.8. The highest BCUT2D eigenvalue weighted by molar-refractivity contribution is 5.89. The number of methoxy groups -OCH3 is 1. The number of rotatable bonds is 10. The van der Waals surface area contributed by atoms with Crippen LogP contribution in [-0.2, 0) is 27.4 Å². The fourth-order valence-electron chi connectivity index (χ4n) is 3.84. The van der Waals surface area contributed by atoms with E-state index in [0.717, 1.165) is 0 Å². The number of nitrogens with one attached hydrogen (secondary N) is 1. The Kier molecular flexibility index (Phi) is 7.79. The first-order valence-corrected chi connectivity index (χ1v) is 11.2. The van der Waals surface area contributed by atoms with Crippen LogP contribution >= 0.6 is 0 Å². The Bertz CT molecular complexity index is 1280. The lowest BCUT2D eigenvalue weighted by Crippen LogP contribution is -2.45. The van der Waals surface area contributed by atoms with E-state index in [1.54, 1.807) is 31.4 Å². The van der Waals surface area contributed by atoms with Crippen LogP contribution in [0.4, 0.5) is 4.39 Å². The Balaban J connectivity index is 1.70. The minimum Gasteiger partial charge on any atom is -0.383 e. The van der Waals surface area contributed by atoms with Crippen molar-refractivity contribution in [2.45, 2.75) is 19.1 Å². The van der Waals surface area contributed by atoms with Gasteiger partial charge in [-0.25, -0.2) is 9.07 Å². The van der Waals surface area contributed by atoms with Crippen LogP contribution in [0, 0.1) is 5.82 Å². The second-order valence-electron chi connectivity index (χ2n) is 7.98. The maximum atomic E-state index is 13.7. The predicted octanol–water partition coefficient (Wildman–Crippen LogP) is 3.10. The van der Waals surface area contributed by atoms with E-state index in [1.807, 2.05) is 42.5 Å². The number of aromatic nitrogens is 3. The molecule has 1 N–H and O–H groups in total. The van der Waals surface area contributed by atoms with E-state index in [9.17, 15) is 14.0 Å². The standard InChI is InChI=1S/C26H26FN5O3/c1-35-16-15-28-26(34)25(20-7-3-2-4-8-20)31(17-19-11-13-21(27)14-12-19)24(33)18-32-23-10-6-5-9-22(23)29-30-32/h2-14,25H,15-18H2,1H3,(H,28,34)/t25-/m0/s1. The van der Waals surface area contributed by atoms with Crippen molar-refractivity contribution in [1.82, 2.24) is 25.2 Å². The molecule has 0 aliphatic rings. The molecule has 0 aliphatic heterocycles. The highest BCUT2D eigenvalue weighted by Gasteiger charge is 2.32. The zero-order valence-corrected chi connectivity index (χ0v) is 19.3. The molecule has 35 heavy (non-hydrogen) atoms. The zero-order valence-electron chi connectivity index (χ0n) is 19.3. The van der Waals surface area contributed by atoms with Crippen molar-refractivity contribution in [1.29, 1.82) is 0 Å². The van der Waals surface area contributed by atoms with Crippen molar-refractivity contribution < 1.29 is 18.7 Å². The average molecular weight is 476 g/mol. The van der Waals surface area contributed by atoms with Crippen molar-refractivity contribution in [3.63, 3.8) is 0 Å². The molecule has 4 rings (SSSR count). The van der Waals surface area contributed by atoms with Gasteiger partial charge in [-0.1, -0.05) is 59.8 Å². The summed E-state index contributed by atoms with van der Waals surface area (Å²) in [6, 6.07) is 21.4. The first kappa shape index (κ1) is 24.0. The molecule has 1 heterocycles. The van der Waals surface area contributed by atoms with Crippen LogP contribution in [0.15, 0.2) is 78.9 Å². The third kappa shape index (κ3) is 5.88. The third-order valence-corrected chi connectivity index (χ3v) is 5.57. The molecule has 0 saturated carbocycles. The molecule has 9 heteroatoms. The van der Waals surface area contributed by atoms with Gasteiger partial charge in [0.15, 0.2) is 0 Å². The van der Waals surface area contributed by atoms with Crippen molar-refractivity contribution in [3.8, 4) is 0 Å². The quantitative estimate of drug-likeness (QED) is 0.356. The van der Waals surface area contributed by atoms with Gasteiger partial charge in [-0.3, -0.25) is 9.59 Å². The lowest BCUT2D eigenvalue weighted by Gasteiger charge is -2.31. The maximum absolute atomic E-state index is 13.7. The van der Waals surface area contributed by atoms with E-state index in [-0.39, 0.29) is 30.7 Å². The van der Waals surface area contributed by atoms with Crippen molar-refractivity contribution >= 4 is 22.8 Å². The van der Waals surface area contributed by atoms with Crippen molar-refractivity contribution in [2.24, 2.45) is 0 Å². The number of para-hydroxylation sites is 1. The molecule has 8 nitrogen and oxygen atoms in total. The van der Waals surface area contributed by atoms with Gasteiger partial charge in [0.05, 0.1) is 12.1 Å². The average Bonchev–Trinajstić information content (AvgIpc) is 3.28. The van der Waals surface area contributed by atoms with Crippen LogP contribution in [0.3, 0.4) is 0 Å². The Morgan fingerprint density at radius 1 is 1.03 bits per heavy atom. The van der Waals surface area contributed by atoms with Crippen LogP contribution in [-0.4, -0.2) is 52.0 Å². The molecule has 0 unspecified atom stereocenters. The van der Waals surface area contributed by atoms with Gasteiger partial charge in [0.25, 0.3) is 0 Å². The SMILES string of the molecule is COCCNC(=O)[C@H](c1ccccc1)N(Cc1ccc(F)cc1)C(=O)Cn1nnc2ccccc21. The molecule has 1 atom stereocenters. The summed E-state index contributed by atoms with van der Waals surface area (Å²) < 4.78 is 20.1. The minimum absolute atomic E-state index is 0.100. The molecule has 0 radical (unpaired) electrons. The van der Waals surface area contributed by atoms with Crippen molar-refractivity contribution in [2.75, 3.05) is 20.3 Å². The number of amides is 2. The molecule has 0 saturated heterocycles. The summed E-state index contributed by atoms with van der Waals surface area (Å²) in [4.78, 5) is 28.6. The highest BCUT2D eigenvalue weighted by Crippen LogP contribution is 2.25. The molecule has 180 valence electrons. The Morgan fingerprint density at radius 2 is 1.74 bits per heavy atom. The van der Waals surface area contributed by atoms with Gasteiger partial charge in [-0.2, -0.15) is 0 Å². The molecule has 0 bridgehead atoms. The summed E-state index contributed by atoms with van der Waals surface area (Å²) in [5.41, 5.74) is 2.72. The maximum Gasteiger partial charge on any atom is 0.247 e. The Labute approximate surface area is 202 Å². The molecule has 2 amide bonds. The summed E-state index contributed by atoms with van der Waals surface area (Å²) in [5, 5.41) is 11.1. The summed E-state index contributed by atoms with van der Waals surface area (Å²) in [6.45, 7) is 0.620. The van der Waals surface area contributed by atoms with Crippen LogP contribution < -0.4 is 5.32 Å². The molecule has 0 fully saturated rings. The molecule has 0 spiro atoms. The number of ether oxygens (including phenoxy) is 1. The Hall–Kier alpha value is -4.11. The van der Waals surface area contributed by atoms with E-state index in [1.165, 1.54) is 21.7 Å². The first-order chi connectivity index (χ1) is 17.1. The van der Waals surface area contributed by atoms with Gasteiger partial charge < -0.3 is 15.0 Å². The summed E-state index contributed by atoms with van der Waals surface area (Å²) in [7, 11) is 1.55. The predicted molar refractivity (Wildman–Crippen MR) is 129 cm³/mol. The van der Waals surface area contributed by atoms with Crippen LogP contribution in [0.5, 0.6) is 0 Å². The number of nitrogens with zero attached hydrogens (tertiary/aromatic N) is 4. The van der Waals surface area contributed by atoms with E-state index < -0.39 is 6.04 Å². The van der Waals surface area contributed by atoms with Gasteiger partial charge in [0.1, 0.15) is 23.9 Å². The summed E-state index contributed by atoms with van der Waals surface area (Å²) >= 11 is 0. The molecular weight excluding hydrogens is 449 g/mol. The van der Waals surface area contributed by atoms with Crippen molar-refractivity contribution in [3.05, 3.63) is 95.8 Å². The number of benzene rings is 3. The number of fused-ring (bicyclic) bond motifs is 1. The summed E-state index contributed by atoms with van der Waals surface area (Å²) in [5.74, 6) is -1.05. The van der Waals surface area contributed by atoms with Crippen LogP contribution in [0.25, 0.3) is 11.0 Å². The second-order valence-corrected chi connectivity index (χ2v) is 7.98. The minimum atomic E-state index is -0.916. The lowest BCUT2D eigenvalue weighted by molar-refractivity contribution is -0.142. The van der Waals surface area contributed by atoms with Gasteiger partial charge in [0, 0.05) is 20.2 Å². The van der Waals surface area contributed by atoms with E-state index in [0.29, 0.717) is 35.3 Å². The van der Waals surface area contributed by atoms with E-state index in [2.05, 4.69) is 15.6 Å². The number of hydrogen-bond acceptors (Lipinski definition) is 5. The Morgan fingerprint density at radius 3 is 2.49 bits per heavy atom. The van der Waals surface area contributed by atoms with Gasteiger partial charge in [0.2, 0.25) is 11.8 Å². The second kappa shape index (κ2) is 11.3. The largest absolute Gasteiger partial charge is 0.383 e.